The lowest BCUT2D eigenvalue weighted by Crippen LogP contribution is -2.56. The Labute approximate surface area is 177 Å². The Morgan fingerprint density at radius 1 is 1.23 bits per heavy atom. The molecule has 11 heteroatoms. The SMILES string of the molecule is Cc1cncc(NC(=O)c2c(N)nn3cc(F)cnc23)c1N1CCN(C2COC2)CC1. The van der Waals surface area contributed by atoms with Crippen LogP contribution >= 0.6 is 0 Å². The highest BCUT2D eigenvalue weighted by Crippen LogP contribution is 2.31. The zero-order valence-corrected chi connectivity index (χ0v) is 17.1. The second-order valence-corrected chi connectivity index (χ2v) is 7.82. The van der Waals surface area contributed by atoms with Crippen molar-refractivity contribution in [1.82, 2.24) is 24.5 Å². The van der Waals surface area contributed by atoms with Crippen LogP contribution in [0.4, 0.5) is 21.6 Å². The van der Waals surface area contributed by atoms with Crippen LogP contribution in [0.15, 0.2) is 24.8 Å². The number of nitrogens with two attached hydrogens (primary N) is 1. The maximum absolute atomic E-state index is 13.4. The molecule has 2 aliphatic rings. The van der Waals surface area contributed by atoms with Gasteiger partial charge < -0.3 is 20.7 Å². The van der Waals surface area contributed by atoms with E-state index in [0.29, 0.717) is 11.7 Å². The molecule has 1 amide bonds. The van der Waals surface area contributed by atoms with E-state index in [9.17, 15) is 9.18 Å². The molecule has 2 aliphatic heterocycles. The van der Waals surface area contributed by atoms with Crippen LogP contribution in [0.3, 0.4) is 0 Å². The quantitative estimate of drug-likeness (QED) is 0.633. The second-order valence-electron chi connectivity index (χ2n) is 7.82. The molecule has 0 unspecified atom stereocenters. The minimum absolute atomic E-state index is 0.0194. The fourth-order valence-corrected chi connectivity index (χ4v) is 4.15. The first kappa shape index (κ1) is 19.6. The van der Waals surface area contributed by atoms with Gasteiger partial charge in [0.1, 0.15) is 5.56 Å². The van der Waals surface area contributed by atoms with E-state index in [1.165, 1.54) is 4.52 Å². The van der Waals surface area contributed by atoms with Crippen LogP contribution in [-0.4, -0.2) is 75.8 Å². The molecule has 5 rings (SSSR count). The second kappa shape index (κ2) is 7.75. The lowest BCUT2D eigenvalue weighted by atomic mass is 10.1. The average molecular weight is 426 g/mol. The smallest absolute Gasteiger partial charge is 0.263 e. The number of carbonyl (C=O) groups is 1. The van der Waals surface area contributed by atoms with Gasteiger partial charge in [0.15, 0.2) is 17.3 Å². The molecule has 162 valence electrons. The maximum atomic E-state index is 13.4. The van der Waals surface area contributed by atoms with Crippen LogP contribution < -0.4 is 16.0 Å². The van der Waals surface area contributed by atoms with Crippen LogP contribution in [0.2, 0.25) is 0 Å². The number of hydrogen-bond acceptors (Lipinski definition) is 8. The zero-order valence-electron chi connectivity index (χ0n) is 17.1. The van der Waals surface area contributed by atoms with Gasteiger partial charge in [0, 0.05) is 32.4 Å². The molecule has 0 aromatic carbocycles. The summed E-state index contributed by atoms with van der Waals surface area (Å²) in [7, 11) is 0. The molecule has 3 aromatic rings. The van der Waals surface area contributed by atoms with Gasteiger partial charge in [-0.2, -0.15) is 0 Å². The van der Waals surface area contributed by atoms with Gasteiger partial charge in [-0.3, -0.25) is 14.7 Å². The van der Waals surface area contributed by atoms with Crippen LogP contribution in [0.25, 0.3) is 5.65 Å². The highest BCUT2D eigenvalue weighted by Gasteiger charge is 2.30. The van der Waals surface area contributed by atoms with Gasteiger partial charge in [-0.25, -0.2) is 13.9 Å². The normalized spacial score (nSPS) is 17.7. The molecule has 0 radical (unpaired) electrons. The van der Waals surface area contributed by atoms with Crippen molar-refractivity contribution in [3.8, 4) is 0 Å². The molecule has 3 N–H and O–H groups in total. The number of ether oxygens (including phenoxy) is 1. The summed E-state index contributed by atoms with van der Waals surface area (Å²) >= 11 is 0. The summed E-state index contributed by atoms with van der Waals surface area (Å²) < 4.78 is 19.9. The Balaban J connectivity index is 1.40. The molecule has 5 heterocycles. The van der Waals surface area contributed by atoms with Crippen molar-refractivity contribution in [3.05, 3.63) is 41.7 Å². The number of amides is 1. The van der Waals surface area contributed by atoms with E-state index in [1.807, 2.05) is 6.92 Å². The highest BCUT2D eigenvalue weighted by molar-refractivity contribution is 6.12. The van der Waals surface area contributed by atoms with E-state index in [1.54, 1.807) is 12.4 Å². The third-order valence-corrected chi connectivity index (χ3v) is 5.81. The number of rotatable bonds is 4. The van der Waals surface area contributed by atoms with Crippen molar-refractivity contribution in [2.45, 2.75) is 13.0 Å². The van der Waals surface area contributed by atoms with Crippen molar-refractivity contribution in [1.29, 1.82) is 0 Å². The number of halogens is 1. The van der Waals surface area contributed by atoms with Crippen LogP contribution in [-0.2, 0) is 4.74 Å². The van der Waals surface area contributed by atoms with Crippen LogP contribution in [0.5, 0.6) is 0 Å². The molecule has 0 atom stereocenters. The number of piperazine rings is 1. The van der Waals surface area contributed by atoms with Gasteiger partial charge >= 0.3 is 0 Å². The third kappa shape index (κ3) is 3.55. The molecule has 2 saturated heterocycles. The van der Waals surface area contributed by atoms with Crippen molar-refractivity contribution >= 4 is 28.7 Å². The maximum Gasteiger partial charge on any atom is 0.263 e. The van der Waals surface area contributed by atoms with E-state index in [2.05, 4.69) is 30.2 Å². The first-order chi connectivity index (χ1) is 15.0. The first-order valence-electron chi connectivity index (χ1n) is 10.1. The van der Waals surface area contributed by atoms with Gasteiger partial charge in [-0.15, -0.1) is 5.10 Å². The summed E-state index contributed by atoms with van der Waals surface area (Å²) in [5, 5.41) is 6.91. The summed E-state index contributed by atoms with van der Waals surface area (Å²) in [4.78, 5) is 26.0. The zero-order chi connectivity index (χ0) is 21.5. The van der Waals surface area contributed by atoms with Crippen molar-refractivity contribution in [2.75, 3.05) is 55.3 Å². The Kier molecular flexibility index (Phi) is 4.91. The number of pyridine rings is 1. The van der Waals surface area contributed by atoms with Crippen molar-refractivity contribution < 1.29 is 13.9 Å². The van der Waals surface area contributed by atoms with E-state index >= 15 is 0 Å². The number of aryl methyl sites for hydroxylation is 1. The number of hydrogen-bond donors (Lipinski definition) is 2. The van der Waals surface area contributed by atoms with Gasteiger partial charge in [0.05, 0.1) is 49.2 Å². The molecule has 0 aliphatic carbocycles. The molecule has 0 saturated carbocycles. The summed E-state index contributed by atoms with van der Waals surface area (Å²) in [5.74, 6) is -1.06. The first-order valence-corrected chi connectivity index (χ1v) is 10.1. The van der Waals surface area contributed by atoms with Crippen molar-refractivity contribution in [2.24, 2.45) is 0 Å². The number of nitrogens with zero attached hydrogens (tertiary/aromatic N) is 6. The number of nitrogen functional groups attached to an aromatic ring is 1. The minimum atomic E-state index is -0.570. The number of nitrogens with one attached hydrogen (secondary N) is 1. The van der Waals surface area contributed by atoms with E-state index in [4.69, 9.17) is 10.5 Å². The third-order valence-electron chi connectivity index (χ3n) is 5.81. The predicted molar refractivity (Wildman–Crippen MR) is 113 cm³/mol. The Bertz CT molecular complexity index is 1140. The predicted octanol–water partition coefficient (Wildman–Crippen LogP) is 0.927. The monoisotopic (exact) mass is 426 g/mol. The van der Waals surface area contributed by atoms with Gasteiger partial charge in [0.25, 0.3) is 5.91 Å². The summed E-state index contributed by atoms with van der Waals surface area (Å²) in [6.07, 6.45) is 5.56. The summed E-state index contributed by atoms with van der Waals surface area (Å²) in [5.41, 5.74) is 8.71. The fraction of sp³-hybridized carbons (Fsp3) is 0.400. The molecule has 3 aromatic heterocycles. The lowest BCUT2D eigenvalue weighted by molar-refractivity contribution is -0.0660. The van der Waals surface area contributed by atoms with E-state index < -0.39 is 11.7 Å². The molecular weight excluding hydrogens is 403 g/mol. The van der Waals surface area contributed by atoms with Gasteiger partial charge in [0.2, 0.25) is 0 Å². The molecule has 0 bridgehead atoms. The number of aromatic nitrogens is 4. The minimum Gasteiger partial charge on any atom is -0.381 e. The number of anilines is 3. The Morgan fingerprint density at radius 3 is 2.71 bits per heavy atom. The largest absolute Gasteiger partial charge is 0.381 e. The Hall–Kier alpha value is -3.31. The molecule has 10 nitrogen and oxygen atoms in total. The van der Waals surface area contributed by atoms with E-state index in [0.717, 1.165) is 63.0 Å². The van der Waals surface area contributed by atoms with Crippen LogP contribution in [0.1, 0.15) is 15.9 Å². The van der Waals surface area contributed by atoms with Gasteiger partial charge in [-0.1, -0.05) is 0 Å². The highest BCUT2D eigenvalue weighted by atomic mass is 19.1. The van der Waals surface area contributed by atoms with Crippen molar-refractivity contribution in [3.63, 3.8) is 0 Å². The Morgan fingerprint density at radius 2 is 2.00 bits per heavy atom. The molecule has 31 heavy (non-hydrogen) atoms. The van der Waals surface area contributed by atoms with Crippen LogP contribution in [0, 0.1) is 12.7 Å². The van der Waals surface area contributed by atoms with Gasteiger partial charge in [-0.05, 0) is 12.5 Å². The lowest BCUT2D eigenvalue weighted by Gasteiger charge is -2.43. The molecule has 2 fully saturated rings. The molecular formula is C20H23FN8O2. The summed E-state index contributed by atoms with van der Waals surface area (Å²) in [6, 6.07) is 0.510. The standard InChI is InChI=1S/C20H23FN8O2/c1-12-6-23-8-15(17(12)28-4-2-27(3-5-28)14-10-31-11-14)25-20(30)16-18(22)26-29-9-13(21)7-24-19(16)29/h6-9,14H,2-5,10-11H2,1H3,(H2,22,26)(H,25,30). The average Bonchev–Trinajstić information content (AvgIpc) is 3.02. The fourth-order valence-electron chi connectivity index (χ4n) is 4.15. The summed E-state index contributed by atoms with van der Waals surface area (Å²) in [6.45, 7) is 7.11. The molecule has 0 spiro atoms. The number of fused-ring (bicyclic) bond motifs is 1. The number of carbonyl (C=O) groups excluding carboxylic acids is 1. The van der Waals surface area contributed by atoms with E-state index in [-0.39, 0.29) is 17.0 Å². The topological polar surface area (TPSA) is 114 Å².